The fourth-order valence-electron chi connectivity index (χ4n) is 1.45. The van der Waals surface area contributed by atoms with Gasteiger partial charge in [0, 0.05) is 0 Å². The third kappa shape index (κ3) is 3.93. The molecular formula is C16H26O2Si. The van der Waals surface area contributed by atoms with Gasteiger partial charge in [-0.3, -0.25) is 0 Å². The highest BCUT2D eigenvalue weighted by molar-refractivity contribution is 6.75. The molecule has 0 unspecified atom stereocenters. The molecule has 0 aromatic heterocycles. The summed E-state index contributed by atoms with van der Waals surface area (Å²) in [6.45, 7) is 14.9. The average molecular weight is 278 g/mol. The molecule has 0 atom stereocenters. The zero-order valence-corrected chi connectivity index (χ0v) is 14.2. The van der Waals surface area contributed by atoms with E-state index in [9.17, 15) is 4.79 Å². The number of carbonyl (C=O) groups excluding carboxylic acids is 1. The Labute approximate surface area is 118 Å². The Kier molecular flexibility index (Phi) is 4.61. The SMILES string of the molecule is CC(C)c1ccc(C(=O)O[Si](C)(C)C(C)(C)C)cc1. The summed E-state index contributed by atoms with van der Waals surface area (Å²) in [4.78, 5) is 12.2. The predicted molar refractivity (Wildman–Crippen MR) is 83.1 cm³/mol. The van der Waals surface area contributed by atoms with Gasteiger partial charge in [0.2, 0.25) is 0 Å². The van der Waals surface area contributed by atoms with E-state index >= 15 is 0 Å². The number of rotatable bonds is 3. The molecule has 106 valence electrons. The van der Waals surface area contributed by atoms with Gasteiger partial charge in [0.15, 0.2) is 0 Å². The van der Waals surface area contributed by atoms with E-state index in [2.05, 4.69) is 47.7 Å². The molecule has 0 saturated heterocycles. The van der Waals surface area contributed by atoms with Crippen LogP contribution in [0.3, 0.4) is 0 Å². The first-order valence-corrected chi connectivity index (χ1v) is 9.79. The number of hydrogen-bond acceptors (Lipinski definition) is 2. The molecule has 0 bridgehead atoms. The van der Waals surface area contributed by atoms with E-state index in [0.29, 0.717) is 11.5 Å². The van der Waals surface area contributed by atoms with Gasteiger partial charge in [-0.15, -0.1) is 0 Å². The summed E-state index contributed by atoms with van der Waals surface area (Å²) in [6, 6.07) is 7.75. The van der Waals surface area contributed by atoms with E-state index < -0.39 is 8.32 Å². The molecular weight excluding hydrogens is 252 g/mol. The van der Waals surface area contributed by atoms with Crippen LogP contribution in [0.5, 0.6) is 0 Å². The van der Waals surface area contributed by atoms with Gasteiger partial charge in [0.1, 0.15) is 0 Å². The van der Waals surface area contributed by atoms with Crippen molar-refractivity contribution in [2.75, 3.05) is 0 Å². The van der Waals surface area contributed by atoms with Crippen molar-refractivity contribution in [3.05, 3.63) is 35.4 Å². The van der Waals surface area contributed by atoms with E-state index in [1.807, 2.05) is 24.3 Å². The molecule has 1 rings (SSSR count). The van der Waals surface area contributed by atoms with Gasteiger partial charge in [-0.2, -0.15) is 0 Å². The molecule has 1 aromatic carbocycles. The van der Waals surface area contributed by atoms with Crippen molar-refractivity contribution in [3.8, 4) is 0 Å². The number of benzene rings is 1. The second-order valence-electron chi connectivity index (χ2n) is 6.93. The zero-order chi connectivity index (χ0) is 14.8. The van der Waals surface area contributed by atoms with Crippen LogP contribution in [0, 0.1) is 0 Å². The maximum Gasteiger partial charge on any atom is 0.324 e. The minimum Gasteiger partial charge on any atom is -0.516 e. The minimum atomic E-state index is -2.04. The van der Waals surface area contributed by atoms with Crippen molar-refractivity contribution in [3.63, 3.8) is 0 Å². The van der Waals surface area contributed by atoms with Crippen molar-refractivity contribution in [2.45, 2.75) is 58.7 Å². The molecule has 1 aromatic rings. The molecule has 19 heavy (non-hydrogen) atoms. The predicted octanol–water partition coefficient (Wildman–Crippen LogP) is 4.97. The molecule has 2 nitrogen and oxygen atoms in total. The van der Waals surface area contributed by atoms with Crippen LogP contribution in [0.15, 0.2) is 24.3 Å². The van der Waals surface area contributed by atoms with Crippen LogP contribution in [0.25, 0.3) is 0 Å². The fourth-order valence-corrected chi connectivity index (χ4v) is 2.34. The van der Waals surface area contributed by atoms with Crippen molar-refractivity contribution in [2.24, 2.45) is 0 Å². The topological polar surface area (TPSA) is 26.3 Å². The van der Waals surface area contributed by atoms with Crippen LogP contribution < -0.4 is 0 Å². The van der Waals surface area contributed by atoms with Crippen LogP contribution in [0.2, 0.25) is 18.1 Å². The second kappa shape index (κ2) is 5.49. The van der Waals surface area contributed by atoms with E-state index in [-0.39, 0.29) is 11.0 Å². The largest absolute Gasteiger partial charge is 0.516 e. The van der Waals surface area contributed by atoms with E-state index in [4.69, 9.17) is 4.43 Å². The first-order valence-electron chi connectivity index (χ1n) is 6.88. The summed E-state index contributed by atoms with van der Waals surface area (Å²) in [5.41, 5.74) is 1.89. The standard InChI is InChI=1S/C16H26O2Si/c1-12(2)13-8-10-14(11-9-13)15(17)18-19(6,7)16(3,4)5/h8-12H,1-7H3. The van der Waals surface area contributed by atoms with Crippen molar-refractivity contribution in [1.82, 2.24) is 0 Å². The highest BCUT2D eigenvalue weighted by atomic mass is 28.4. The molecule has 0 radical (unpaired) electrons. The van der Waals surface area contributed by atoms with Gasteiger partial charge < -0.3 is 4.43 Å². The zero-order valence-electron chi connectivity index (χ0n) is 13.2. The van der Waals surface area contributed by atoms with E-state index in [0.717, 1.165) is 0 Å². The third-order valence-corrected chi connectivity index (χ3v) is 8.28. The molecule has 0 fully saturated rings. The monoisotopic (exact) mass is 278 g/mol. The Morgan fingerprint density at radius 3 is 1.95 bits per heavy atom. The highest BCUT2D eigenvalue weighted by Crippen LogP contribution is 2.37. The van der Waals surface area contributed by atoms with Crippen molar-refractivity contribution in [1.29, 1.82) is 0 Å². The van der Waals surface area contributed by atoms with Gasteiger partial charge in [-0.1, -0.05) is 46.8 Å². The first kappa shape index (κ1) is 16.0. The van der Waals surface area contributed by atoms with Crippen molar-refractivity contribution >= 4 is 14.3 Å². The summed E-state index contributed by atoms with van der Waals surface area (Å²) >= 11 is 0. The summed E-state index contributed by atoms with van der Waals surface area (Å²) < 4.78 is 5.79. The Hall–Kier alpha value is -1.09. The van der Waals surface area contributed by atoms with Crippen LogP contribution in [0.1, 0.15) is 56.5 Å². The average Bonchev–Trinajstić information content (AvgIpc) is 2.27. The highest BCUT2D eigenvalue weighted by Gasteiger charge is 2.40. The van der Waals surface area contributed by atoms with Gasteiger partial charge in [0.05, 0.1) is 5.56 Å². The smallest absolute Gasteiger partial charge is 0.324 e. The summed E-state index contributed by atoms with van der Waals surface area (Å²) in [6.07, 6.45) is 0. The lowest BCUT2D eigenvalue weighted by atomic mass is 10.0. The van der Waals surface area contributed by atoms with Gasteiger partial charge in [0.25, 0.3) is 8.32 Å². The molecule has 0 aliphatic heterocycles. The quantitative estimate of drug-likeness (QED) is 0.729. The third-order valence-electron chi connectivity index (χ3n) is 3.97. The Morgan fingerprint density at radius 1 is 1.11 bits per heavy atom. The lowest BCUT2D eigenvalue weighted by Gasteiger charge is -2.35. The summed E-state index contributed by atoms with van der Waals surface area (Å²) in [5.74, 6) is 0.285. The van der Waals surface area contributed by atoms with E-state index in [1.165, 1.54) is 5.56 Å². The Morgan fingerprint density at radius 2 is 1.58 bits per heavy atom. The summed E-state index contributed by atoms with van der Waals surface area (Å²) in [7, 11) is -2.04. The lowest BCUT2D eigenvalue weighted by molar-refractivity contribution is 0.0712. The Balaban J connectivity index is 2.85. The lowest BCUT2D eigenvalue weighted by Crippen LogP contribution is -2.42. The first-order chi connectivity index (χ1) is 8.54. The van der Waals surface area contributed by atoms with Gasteiger partial charge in [-0.25, -0.2) is 4.79 Å². The van der Waals surface area contributed by atoms with Crippen LogP contribution in [-0.4, -0.2) is 14.3 Å². The van der Waals surface area contributed by atoms with Crippen LogP contribution in [0.4, 0.5) is 0 Å². The van der Waals surface area contributed by atoms with Crippen LogP contribution >= 0.6 is 0 Å². The molecule has 0 N–H and O–H groups in total. The van der Waals surface area contributed by atoms with E-state index in [1.54, 1.807) is 0 Å². The second-order valence-corrected chi connectivity index (χ2v) is 11.7. The Bertz CT molecular complexity index is 439. The van der Waals surface area contributed by atoms with Crippen LogP contribution in [-0.2, 0) is 4.43 Å². The molecule has 3 heteroatoms. The molecule has 0 aliphatic carbocycles. The molecule has 0 aliphatic rings. The van der Waals surface area contributed by atoms with Crippen molar-refractivity contribution < 1.29 is 9.22 Å². The normalized spacial score (nSPS) is 12.6. The minimum absolute atomic E-state index is 0.0422. The maximum atomic E-state index is 12.2. The number of hydrogen-bond donors (Lipinski definition) is 0. The van der Waals surface area contributed by atoms with Gasteiger partial charge >= 0.3 is 5.97 Å². The molecule has 0 heterocycles. The molecule has 0 spiro atoms. The summed E-state index contributed by atoms with van der Waals surface area (Å²) in [5, 5.41) is 0.0422. The molecule has 0 amide bonds. The molecule has 0 saturated carbocycles. The fraction of sp³-hybridized carbons (Fsp3) is 0.562. The number of carbonyl (C=O) groups is 1. The van der Waals surface area contributed by atoms with Gasteiger partial charge in [-0.05, 0) is 41.7 Å². The maximum absolute atomic E-state index is 12.2.